The number of furan rings is 1. The molecule has 0 radical (unpaired) electrons. The maximum atomic E-state index is 11.9. The SMILES string of the molecule is Cc1cccc(NC(=O)NC(C)c2ccco2)c1C(=O)O. The van der Waals surface area contributed by atoms with Crippen LogP contribution in [0.5, 0.6) is 0 Å². The first-order valence-electron chi connectivity index (χ1n) is 6.43. The molecule has 2 aromatic rings. The van der Waals surface area contributed by atoms with Crippen LogP contribution in [0.1, 0.15) is 34.6 Å². The van der Waals surface area contributed by atoms with Gasteiger partial charge in [0, 0.05) is 0 Å². The van der Waals surface area contributed by atoms with Gasteiger partial charge in [-0.15, -0.1) is 0 Å². The van der Waals surface area contributed by atoms with E-state index in [1.165, 1.54) is 6.26 Å². The minimum Gasteiger partial charge on any atom is -0.478 e. The lowest BCUT2D eigenvalue weighted by Gasteiger charge is -2.14. The Balaban J connectivity index is 2.10. The molecule has 0 spiro atoms. The van der Waals surface area contributed by atoms with Gasteiger partial charge in [-0.1, -0.05) is 12.1 Å². The number of carboxylic acids is 1. The van der Waals surface area contributed by atoms with Gasteiger partial charge in [0.15, 0.2) is 0 Å². The van der Waals surface area contributed by atoms with E-state index in [1.54, 1.807) is 44.2 Å². The fourth-order valence-corrected chi connectivity index (χ4v) is 2.02. The van der Waals surface area contributed by atoms with Crippen molar-refractivity contribution >= 4 is 17.7 Å². The summed E-state index contributed by atoms with van der Waals surface area (Å²) in [6.45, 7) is 3.45. The lowest BCUT2D eigenvalue weighted by molar-refractivity contribution is 0.0697. The fraction of sp³-hybridized carbons (Fsp3) is 0.200. The average molecular weight is 288 g/mol. The van der Waals surface area contributed by atoms with Crippen molar-refractivity contribution < 1.29 is 19.1 Å². The van der Waals surface area contributed by atoms with Gasteiger partial charge in [-0.2, -0.15) is 0 Å². The Labute approximate surface area is 121 Å². The predicted octanol–water partition coefficient (Wildman–Crippen LogP) is 3.17. The van der Waals surface area contributed by atoms with Crippen molar-refractivity contribution in [1.29, 1.82) is 0 Å². The van der Waals surface area contributed by atoms with Crippen LogP contribution in [0.15, 0.2) is 41.0 Å². The Kier molecular flexibility index (Phi) is 4.27. The second-order valence-electron chi connectivity index (χ2n) is 4.64. The van der Waals surface area contributed by atoms with E-state index < -0.39 is 12.0 Å². The van der Waals surface area contributed by atoms with Gasteiger partial charge in [-0.25, -0.2) is 9.59 Å². The van der Waals surface area contributed by atoms with Crippen molar-refractivity contribution in [2.45, 2.75) is 19.9 Å². The zero-order valence-electron chi connectivity index (χ0n) is 11.7. The molecule has 21 heavy (non-hydrogen) atoms. The van der Waals surface area contributed by atoms with Crippen LogP contribution in [0.25, 0.3) is 0 Å². The fourth-order valence-electron chi connectivity index (χ4n) is 2.02. The summed E-state index contributed by atoms with van der Waals surface area (Å²) in [5.74, 6) is -0.463. The zero-order chi connectivity index (χ0) is 15.4. The molecule has 0 bridgehead atoms. The number of aryl methyl sites for hydroxylation is 1. The summed E-state index contributed by atoms with van der Waals surface area (Å²) >= 11 is 0. The largest absolute Gasteiger partial charge is 0.478 e. The highest BCUT2D eigenvalue weighted by Gasteiger charge is 2.16. The second-order valence-corrected chi connectivity index (χ2v) is 4.64. The molecular weight excluding hydrogens is 272 g/mol. The molecule has 0 aliphatic heterocycles. The smallest absolute Gasteiger partial charge is 0.338 e. The zero-order valence-corrected chi connectivity index (χ0v) is 11.7. The third-order valence-corrected chi connectivity index (χ3v) is 3.05. The van der Waals surface area contributed by atoms with Crippen molar-refractivity contribution in [3.05, 3.63) is 53.5 Å². The summed E-state index contributed by atoms with van der Waals surface area (Å²) < 4.78 is 5.19. The van der Waals surface area contributed by atoms with E-state index >= 15 is 0 Å². The summed E-state index contributed by atoms with van der Waals surface area (Å²) in [5.41, 5.74) is 0.921. The van der Waals surface area contributed by atoms with Crippen LogP contribution in [0.2, 0.25) is 0 Å². The Bertz CT molecular complexity index is 650. The minimum atomic E-state index is -1.08. The third-order valence-electron chi connectivity index (χ3n) is 3.05. The predicted molar refractivity (Wildman–Crippen MR) is 77.4 cm³/mol. The molecular formula is C15H16N2O4. The Morgan fingerprint density at radius 2 is 2.00 bits per heavy atom. The number of urea groups is 1. The molecule has 6 heteroatoms. The van der Waals surface area contributed by atoms with Gasteiger partial charge in [-0.3, -0.25) is 0 Å². The molecule has 0 saturated carbocycles. The molecule has 2 rings (SSSR count). The van der Waals surface area contributed by atoms with Gasteiger partial charge in [0.2, 0.25) is 0 Å². The van der Waals surface area contributed by atoms with E-state index in [2.05, 4.69) is 10.6 Å². The van der Waals surface area contributed by atoms with Crippen LogP contribution in [-0.2, 0) is 0 Å². The number of benzene rings is 1. The molecule has 0 saturated heterocycles. The molecule has 1 atom stereocenters. The molecule has 0 aliphatic rings. The van der Waals surface area contributed by atoms with Crippen molar-refractivity contribution in [3.63, 3.8) is 0 Å². The van der Waals surface area contributed by atoms with Crippen LogP contribution in [0, 0.1) is 6.92 Å². The number of hydrogen-bond acceptors (Lipinski definition) is 3. The molecule has 1 aromatic heterocycles. The highest BCUT2D eigenvalue weighted by molar-refractivity contribution is 6.01. The van der Waals surface area contributed by atoms with Gasteiger partial charge in [-0.05, 0) is 37.6 Å². The number of carboxylic acid groups (broad SMARTS) is 1. The highest BCUT2D eigenvalue weighted by atomic mass is 16.4. The molecule has 110 valence electrons. The number of carbonyl (C=O) groups is 2. The second kappa shape index (κ2) is 6.13. The highest BCUT2D eigenvalue weighted by Crippen LogP contribution is 2.20. The molecule has 1 heterocycles. The maximum Gasteiger partial charge on any atom is 0.338 e. The number of anilines is 1. The topological polar surface area (TPSA) is 91.6 Å². The minimum absolute atomic E-state index is 0.0818. The molecule has 0 aliphatic carbocycles. The number of carbonyl (C=O) groups excluding carboxylic acids is 1. The number of hydrogen-bond donors (Lipinski definition) is 3. The first kappa shape index (κ1) is 14.6. The van der Waals surface area contributed by atoms with Crippen molar-refractivity contribution in [1.82, 2.24) is 5.32 Å². The summed E-state index contributed by atoms with van der Waals surface area (Å²) in [6.07, 6.45) is 1.52. The van der Waals surface area contributed by atoms with Gasteiger partial charge in [0.25, 0.3) is 0 Å². The number of nitrogens with one attached hydrogen (secondary N) is 2. The van der Waals surface area contributed by atoms with Gasteiger partial charge >= 0.3 is 12.0 Å². The quantitative estimate of drug-likeness (QED) is 0.805. The van der Waals surface area contributed by atoms with E-state index in [4.69, 9.17) is 4.42 Å². The normalized spacial score (nSPS) is 11.7. The van der Waals surface area contributed by atoms with Crippen molar-refractivity contribution in [2.24, 2.45) is 0 Å². The van der Waals surface area contributed by atoms with E-state index in [9.17, 15) is 14.7 Å². The molecule has 0 fully saturated rings. The molecule has 6 nitrogen and oxygen atoms in total. The Morgan fingerprint density at radius 1 is 1.24 bits per heavy atom. The monoisotopic (exact) mass is 288 g/mol. The van der Waals surface area contributed by atoms with Crippen molar-refractivity contribution in [2.75, 3.05) is 5.32 Å². The van der Waals surface area contributed by atoms with Crippen LogP contribution in [0.4, 0.5) is 10.5 Å². The van der Waals surface area contributed by atoms with Crippen LogP contribution < -0.4 is 10.6 Å². The summed E-state index contributed by atoms with van der Waals surface area (Å²) in [6, 6.07) is 7.58. The molecule has 1 aromatic carbocycles. The summed E-state index contributed by atoms with van der Waals surface area (Å²) in [5, 5.41) is 14.4. The van der Waals surface area contributed by atoms with Gasteiger partial charge in [0.1, 0.15) is 5.76 Å². The van der Waals surface area contributed by atoms with Gasteiger partial charge in [0.05, 0.1) is 23.6 Å². The third kappa shape index (κ3) is 3.42. The maximum absolute atomic E-state index is 11.9. The lowest BCUT2D eigenvalue weighted by Crippen LogP contribution is -2.31. The van der Waals surface area contributed by atoms with E-state index in [0.717, 1.165) is 0 Å². The van der Waals surface area contributed by atoms with Gasteiger partial charge < -0.3 is 20.2 Å². The lowest BCUT2D eigenvalue weighted by atomic mass is 10.1. The summed E-state index contributed by atoms with van der Waals surface area (Å²) in [7, 11) is 0. The van der Waals surface area contributed by atoms with E-state index in [0.29, 0.717) is 11.3 Å². The average Bonchev–Trinajstić information content (AvgIpc) is 2.91. The van der Waals surface area contributed by atoms with Crippen LogP contribution in [0.3, 0.4) is 0 Å². The van der Waals surface area contributed by atoms with E-state index in [-0.39, 0.29) is 17.3 Å². The van der Waals surface area contributed by atoms with Crippen LogP contribution in [-0.4, -0.2) is 17.1 Å². The summed E-state index contributed by atoms with van der Waals surface area (Å²) in [4.78, 5) is 23.2. The molecule has 2 amide bonds. The molecule has 3 N–H and O–H groups in total. The first-order chi connectivity index (χ1) is 9.99. The number of rotatable bonds is 4. The van der Waals surface area contributed by atoms with Crippen molar-refractivity contribution in [3.8, 4) is 0 Å². The Hall–Kier alpha value is -2.76. The van der Waals surface area contributed by atoms with Crippen LogP contribution >= 0.6 is 0 Å². The number of aromatic carboxylic acids is 1. The standard InChI is InChI=1S/C15H16N2O4/c1-9-5-3-6-11(13(9)14(18)19)17-15(20)16-10(2)12-7-4-8-21-12/h3-8,10H,1-2H3,(H,18,19)(H2,16,17,20). The number of amides is 2. The Morgan fingerprint density at radius 3 is 2.62 bits per heavy atom. The first-order valence-corrected chi connectivity index (χ1v) is 6.43. The van der Waals surface area contributed by atoms with E-state index in [1.807, 2.05) is 0 Å². The molecule has 1 unspecified atom stereocenters.